The topological polar surface area (TPSA) is 97.4 Å². The minimum Gasteiger partial charge on any atom is -0.439 e. The smallest absolute Gasteiger partial charge is 0.315 e. The van der Waals surface area contributed by atoms with Crippen molar-refractivity contribution in [3.63, 3.8) is 0 Å². The molecule has 32 heavy (non-hydrogen) atoms. The van der Waals surface area contributed by atoms with Crippen LogP contribution in [0.1, 0.15) is 28.8 Å². The maximum atomic E-state index is 12.6. The predicted molar refractivity (Wildman–Crippen MR) is 123 cm³/mol. The molecule has 1 aliphatic rings. The Labute approximate surface area is 191 Å². The molecule has 1 fully saturated rings. The normalized spacial score (nSPS) is 19.1. The van der Waals surface area contributed by atoms with Crippen molar-refractivity contribution < 1.29 is 17.9 Å². The first-order chi connectivity index (χ1) is 15.3. The number of nitrogens with one attached hydrogen (secondary N) is 2. The monoisotopic (exact) mass is 471 g/mol. The lowest BCUT2D eigenvalue weighted by atomic mass is 9.95. The Morgan fingerprint density at radius 3 is 2.56 bits per heavy atom. The van der Waals surface area contributed by atoms with Crippen LogP contribution in [0, 0.1) is 0 Å². The molecule has 3 aromatic rings. The molecule has 0 saturated carbocycles. The lowest BCUT2D eigenvalue weighted by Crippen LogP contribution is -2.31. The maximum Gasteiger partial charge on any atom is 0.315 e. The van der Waals surface area contributed by atoms with Crippen molar-refractivity contribution in [2.24, 2.45) is 0 Å². The van der Waals surface area contributed by atoms with Crippen LogP contribution in [0.25, 0.3) is 0 Å². The van der Waals surface area contributed by atoms with Gasteiger partial charge in [-0.2, -0.15) is 0 Å². The van der Waals surface area contributed by atoms with Gasteiger partial charge in [-0.05, 0) is 41.8 Å². The summed E-state index contributed by atoms with van der Waals surface area (Å²) in [6.45, 7) is 0. The molecule has 1 aliphatic heterocycles. The largest absolute Gasteiger partial charge is 0.439 e. The highest BCUT2D eigenvalue weighted by molar-refractivity contribution is 7.90. The van der Waals surface area contributed by atoms with Gasteiger partial charge in [-0.15, -0.1) is 0 Å². The van der Waals surface area contributed by atoms with Crippen molar-refractivity contribution in [3.05, 3.63) is 89.1 Å². The first kappa shape index (κ1) is 22.1. The molecular formula is C23H22ClN3O4S. The molecule has 2 heterocycles. The first-order valence-electron chi connectivity index (χ1n) is 10.0. The molecule has 0 radical (unpaired) electrons. The minimum atomic E-state index is -3.50. The van der Waals surface area contributed by atoms with E-state index in [-0.39, 0.29) is 12.5 Å². The number of benzene rings is 2. The van der Waals surface area contributed by atoms with E-state index in [1.165, 1.54) is 6.26 Å². The third-order valence-corrected chi connectivity index (χ3v) is 7.14. The van der Waals surface area contributed by atoms with Gasteiger partial charge >= 0.3 is 6.03 Å². The summed E-state index contributed by atoms with van der Waals surface area (Å²) in [5.41, 5.74) is 1.30. The molecule has 0 aliphatic carbocycles. The molecule has 1 saturated heterocycles. The molecule has 4 rings (SSSR count). The fourth-order valence-corrected chi connectivity index (χ4v) is 5.40. The summed E-state index contributed by atoms with van der Waals surface area (Å²) in [6, 6.07) is 18.2. The second kappa shape index (κ2) is 9.18. The average molecular weight is 472 g/mol. The molecule has 2 aromatic carbocycles. The average Bonchev–Trinajstić information content (AvgIpc) is 3.13. The minimum absolute atomic E-state index is 0.164. The number of carbonyl (C=O) groups excluding carboxylic acids is 1. The predicted octanol–water partition coefficient (Wildman–Crippen LogP) is 4.43. The van der Waals surface area contributed by atoms with Crippen LogP contribution >= 0.6 is 11.6 Å². The van der Waals surface area contributed by atoms with Crippen LogP contribution in [-0.4, -0.2) is 31.7 Å². The second-order valence-electron chi connectivity index (χ2n) is 7.62. The van der Waals surface area contributed by atoms with E-state index in [0.29, 0.717) is 22.2 Å². The summed E-state index contributed by atoms with van der Waals surface area (Å²) in [4.78, 5) is 16.4. The lowest BCUT2D eigenvalue weighted by molar-refractivity contribution is 0.246. The number of hydrogen-bond donors (Lipinski definition) is 2. The Bertz CT molecular complexity index is 1220. The highest BCUT2D eigenvalue weighted by Crippen LogP contribution is 2.36. The van der Waals surface area contributed by atoms with E-state index in [9.17, 15) is 13.2 Å². The molecule has 3 atom stereocenters. The molecule has 0 bridgehead atoms. The molecule has 2 amide bonds. The Kier molecular flexibility index (Phi) is 6.34. The molecule has 0 spiro atoms. The summed E-state index contributed by atoms with van der Waals surface area (Å²) in [6.07, 6.45) is 2.98. The molecule has 9 heteroatoms. The van der Waals surface area contributed by atoms with Gasteiger partial charge in [0, 0.05) is 23.5 Å². The van der Waals surface area contributed by atoms with Crippen molar-refractivity contribution in [1.29, 1.82) is 0 Å². The number of aromatic nitrogens is 1. The second-order valence-corrected chi connectivity index (χ2v) is 10.3. The number of urea groups is 1. The SMILES string of the molecule is CS(=O)(=O)C(CC1NC(=O)NC1c1cccc(Oc2ccccn2)c1)c1ccccc1Cl. The van der Waals surface area contributed by atoms with Gasteiger partial charge < -0.3 is 15.4 Å². The zero-order valence-electron chi connectivity index (χ0n) is 17.2. The number of carbonyl (C=O) groups is 1. The lowest BCUT2D eigenvalue weighted by Gasteiger charge is -2.24. The number of amides is 2. The van der Waals surface area contributed by atoms with Crippen molar-refractivity contribution in [2.75, 3.05) is 6.26 Å². The van der Waals surface area contributed by atoms with Crippen molar-refractivity contribution >= 4 is 27.5 Å². The summed E-state index contributed by atoms with van der Waals surface area (Å²) in [5.74, 6) is 1.01. The van der Waals surface area contributed by atoms with Crippen LogP contribution in [0.2, 0.25) is 5.02 Å². The van der Waals surface area contributed by atoms with Crippen LogP contribution in [-0.2, 0) is 9.84 Å². The van der Waals surface area contributed by atoms with E-state index in [4.69, 9.17) is 16.3 Å². The summed E-state index contributed by atoms with van der Waals surface area (Å²) in [5, 5.41) is 5.25. The van der Waals surface area contributed by atoms with Crippen LogP contribution in [0.5, 0.6) is 11.6 Å². The van der Waals surface area contributed by atoms with Crippen molar-refractivity contribution in [2.45, 2.75) is 23.8 Å². The summed E-state index contributed by atoms with van der Waals surface area (Å²) in [7, 11) is -3.50. The number of hydrogen-bond acceptors (Lipinski definition) is 5. The zero-order valence-corrected chi connectivity index (χ0v) is 18.8. The molecule has 166 valence electrons. The van der Waals surface area contributed by atoms with Gasteiger partial charge in [0.05, 0.1) is 17.3 Å². The molecule has 3 unspecified atom stereocenters. The van der Waals surface area contributed by atoms with Gasteiger partial charge in [0.25, 0.3) is 0 Å². The fourth-order valence-electron chi connectivity index (χ4n) is 3.84. The van der Waals surface area contributed by atoms with Gasteiger partial charge in [-0.3, -0.25) is 0 Å². The van der Waals surface area contributed by atoms with Crippen molar-refractivity contribution in [3.8, 4) is 11.6 Å². The Hall–Kier alpha value is -3.10. The maximum absolute atomic E-state index is 12.6. The van der Waals surface area contributed by atoms with Crippen LogP contribution < -0.4 is 15.4 Å². The number of ether oxygens (including phenoxy) is 1. The quantitative estimate of drug-likeness (QED) is 0.531. The van der Waals surface area contributed by atoms with Gasteiger partial charge in [0.1, 0.15) is 5.75 Å². The van der Waals surface area contributed by atoms with Gasteiger partial charge in [-0.25, -0.2) is 18.2 Å². The Balaban J connectivity index is 1.61. The third-order valence-electron chi connectivity index (χ3n) is 5.32. The van der Waals surface area contributed by atoms with Crippen molar-refractivity contribution in [1.82, 2.24) is 15.6 Å². The Morgan fingerprint density at radius 1 is 1.06 bits per heavy atom. The van der Waals surface area contributed by atoms with E-state index in [0.717, 1.165) is 5.56 Å². The Morgan fingerprint density at radius 2 is 1.84 bits per heavy atom. The third kappa shape index (κ3) is 5.03. The highest BCUT2D eigenvalue weighted by atomic mass is 35.5. The number of pyridine rings is 1. The van der Waals surface area contributed by atoms with Crippen LogP contribution in [0.15, 0.2) is 72.9 Å². The highest BCUT2D eigenvalue weighted by Gasteiger charge is 2.38. The fraction of sp³-hybridized carbons (Fsp3) is 0.217. The molecular weight excluding hydrogens is 450 g/mol. The van der Waals surface area contributed by atoms with Gasteiger partial charge in [-0.1, -0.05) is 48.0 Å². The van der Waals surface area contributed by atoms with Gasteiger partial charge in [0.15, 0.2) is 9.84 Å². The van der Waals surface area contributed by atoms with E-state index < -0.39 is 27.2 Å². The first-order valence-corrected chi connectivity index (χ1v) is 12.3. The molecule has 1 aromatic heterocycles. The number of nitrogens with zero attached hydrogens (tertiary/aromatic N) is 1. The van der Waals surface area contributed by atoms with Crippen LogP contribution in [0.3, 0.4) is 0 Å². The van der Waals surface area contributed by atoms with Gasteiger partial charge in [0.2, 0.25) is 5.88 Å². The molecule has 2 N–H and O–H groups in total. The summed E-state index contributed by atoms with van der Waals surface area (Å²) >= 11 is 6.30. The standard InChI is InChI=1S/C23H22ClN3O4S/c1-32(29,30)20(17-9-2-3-10-18(17)24)14-19-22(27-23(28)26-19)15-7-6-8-16(13-15)31-21-11-4-5-12-25-21/h2-13,19-20,22H,14H2,1H3,(H2,26,27,28). The van der Waals surface area contributed by atoms with E-state index in [1.54, 1.807) is 48.7 Å². The number of rotatable bonds is 7. The van der Waals surface area contributed by atoms with E-state index in [1.807, 2.05) is 24.3 Å². The van der Waals surface area contributed by atoms with E-state index in [2.05, 4.69) is 15.6 Å². The number of sulfone groups is 1. The summed E-state index contributed by atoms with van der Waals surface area (Å²) < 4.78 is 31.1. The van der Waals surface area contributed by atoms with E-state index >= 15 is 0 Å². The zero-order chi connectivity index (χ0) is 22.7. The van der Waals surface area contributed by atoms with Crippen LogP contribution in [0.4, 0.5) is 4.79 Å². The molecule has 7 nitrogen and oxygen atoms in total. The number of halogens is 1.